The summed E-state index contributed by atoms with van der Waals surface area (Å²) >= 11 is 0. The molecule has 0 saturated carbocycles. The number of benzene rings is 8. The molecular formula is C48H33N3. The Morgan fingerprint density at radius 3 is 1.14 bits per heavy atom. The van der Waals surface area contributed by atoms with Gasteiger partial charge in [-0.05, 0) is 96.1 Å². The van der Waals surface area contributed by atoms with Gasteiger partial charge in [0.25, 0.3) is 0 Å². The third-order valence-electron chi connectivity index (χ3n) is 10.1. The maximum absolute atomic E-state index is 2.42. The standard InChI is InChI=1S/C48H33N3/c1-4-14-36(15-5-1)49(37-16-6-2-7-17-37)39-28-24-34(25-29-39)35-26-30-40(31-27-35)51-46-23-13-11-21-42(46)44-32-47-43(33-48(44)51)41-20-10-12-22-45(41)50(47)38-18-8-3-9-19-38/h1-33H. The van der Waals surface area contributed by atoms with Crippen LogP contribution in [0.5, 0.6) is 0 Å². The van der Waals surface area contributed by atoms with Crippen LogP contribution in [0.2, 0.25) is 0 Å². The maximum Gasteiger partial charge on any atom is 0.0548 e. The molecule has 240 valence electrons. The highest BCUT2D eigenvalue weighted by Crippen LogP contribution is 2.40. The third kappa shape index (κ3) is 4.82. The van der Waals surface area contributed by atoms with E-state index in [0.29, 0.717) is 0 Å². The quantitative estimate of drug-likeness (QED) is 0.174. The molecule has 0 atom stereocenters. The second-order valence-corrected chi connectivity index (χ2v) is 13.0. The first kappa shape index (κ1) is 29.1. The molecule has 0 bridgehead atoms. The molecule has 3 heteroatoms. The van der Waals surface area contributed by atoms with Crippen LogP contribution in [0, 0.1) is 0 Å². The Morgan fingerprint density at radius 2 is 0.647 bits per heavy atom. The van der Waals surface area contributed by atoms with Gasteiger partial charge in [-0.15, -0.1) is 0 Å². The normalized spacial score (nSPS) is 11.5. The van der Waals surface area contributed by atoms with Crippen LogP contribution in [0.15, 0.2) is 200 Å². The number of para-hydroxylation sites is 5. The van der Waals surface area contributed by atoms with Crippen molar-refractivity contribution in [1.82, 2.24) is 9.13 Å². The van der Waals surface area contributed by atoms with Crippen LogP contribution in [0.4, 0.5) is 17.1 Å². The van der Waals surface area contributed by atoms with Crippen molar-refractivity contribution in [3.63, 3.8) is 0 Å². The van der Waals surface area contributed by atoms with Crippen molar-refractivity contribution in [2.24, 2.45) is 0 Å². The monoisotopic (exact) mass is 651 g/mol. The minimum atomic E-state index is 1.12. The van der Waals surface area contributed by atoms with Gasteiger partial charge >= 0.3 is 0 Å². The Labute approximate surface area is 296 Å². The number of nitrogens with zero attached hydrogens (tertiary/aromatic N) is 3. The summed E-state index contributed by atoms with van der Waals surface area (Å²) in [6.07, 6.45) is 0. The third-order valence-corrected chi connectivity index (χ3v) is 10.1. The van der Waals surface area contributed by atoms with Crippen molar-refractivity contribution >= 4 is 60.7 Å². The van der Waals surface area contributed by atoms with E-state index in [1.165, 1.54) is 60.4 Å². The molecule has 3 nitrogen and oxygen atoms in total. The molecule has 10 aromatic rings. The van der Waals surface area contributed by atoms with Crippen molar-refractivity contribution in [2.75, 3.05) is 4.90 Å². The largest absolute Gasteiger partial charge is 0.311 e. The molecule has 0 fully saturated rings. The van der Waals surface area contributed by atoms with Crippen molar-refractivity contribution in [3.05, 3.63) is 200 Å². The fourth-order valence-electron chi connectivity index (χ4n) is 7.77. The van der Waals surface area contributed by atoms with Gasteiger partial charge in [-0.1, -0.05) is 115 Å². The molecule has 0 aliphatic heterocycles. The highest BCUT2D eigenvalue weighted by molar-refractivity contribution is 6.19. The van der Waals surface area contributed by atoms with Gasteiger partial charge in [0.2, 0.25) is 0 Å². The summed E-state index contributed by atoms with van der Waals surface area (Å²) in [7, 11) is 0. The summed E-state index contributed by atoms with van der Waals surface area (Å²) in [6, 6.07) is 72.0. The molecule has 2 heterocycles. The molecule has 10 rings (SSSR count). The van der Waals surface area contributed by atoms with Gasteiger partial charge in [0.1, 0.15) is 0 Å². The van der Waals surface area contributed by atoms with E-state index in [4.69, 9.17) is 0 Å². The summed E-state index contributed by atoms with van der Waals surface area (Å²) < 4.78 is 4.82. The number of fused-ring (bicyclic) bond motifs is 6. The zero-order valence-electron chi connectivity index (χ0n) is 27.9. The molecule has 0 N–H and O–H groups in total. The topological polar surface area (TPSA) is 13.1 Å². The van der Waals surface area contributed by atoms with Gasteiger partial charge in [-0.25, -0.2) is 0 Å². The molecule has 8 aromatic carbocycles. The van der Waals surface area contributed by atoms with Gasteiger partial charge in [0, 0.05) is 50.0 Å². The Balaban J connectivity index is 1.07. The molecule has 0 spiro atoms. The predicted octanol–water partition coefficient (Wildman–Crippen LogP) is 13.0. The van der Waals surface area contributed by atoms with Gasteiger partial charge < -0.3 is 14.0 Å². The van der Waals surface area contributed by atoms with Crippen LogP contribution in [0.25, 0.3) is 66.1 Å². The van der Waals surface area contributed by atoms with Crippen molar-refractivity contribution in [3.8, 4) is 22.5 Å². The van der Waals surface area contributed by atoms with Crippen LogP contribution in [0.1, 0.15) is 0 Å². The Bertz CT molecular complexity index is 2770. The predicted molar refractivity (Wildman–Crippen MR) is 215 cm³/mol. The summed E-state index contributed by atoms with van der Waals surface area (Å²) in [5.41, 5.74) is 12.9. The van der Waals surface area contributed by atoms with Gasteiger partial charge in [0.15, 0.2) is 0 Å². The average Bonchev–Trinajstić information content (AvgIpc) is 3.71. The SMILES string of the molecule is c1ccc(N(c2ccccc2)c2ccc(-c3ccc(-n4c5ccccc5c5cc6c(cc54)c4ccccc4n6-c4ccccc4)cc3)cc2)cc1. The van der Waals surface area contributed by atoms with Crippen molar-refractivity contribution in [1.29, 1.82) is 0 Å². The molecule has 0 aliphatic carbocycles. The fraction of sp³-hybridized carbons (Fsp3) is 0. The fourth-order valence-corrected chi connectivity index (χ4v) is 7.77. The second kappa shape index (κ2) is 11.9. The lowest BCUT2D eigenvalue weighted by atomic mass is 10.0. The number of aromatic nitrogens is 2. The lowest BCUT2D eigenvalue weighted by Gasteiger charge is -2.25. The molecule has 0 aliphatic rings. The molecule has 2 aromatic heterocycles. The van der Waals surface area contributed by atoms with E-state index >= 15 is 0 Å². The first-order valence-corrected chi connectivity index (χ1v) is 17.4. The highest BCUT2D eigenvalue weighted by Gasteiger charge is 2.18. The molecule has 0 unspecified atom stereocenters. The molecule has 0 amide bonds. The number of hydrogen-bond donors (Lipinski definition) is 0. The van der Waals surface area contributed by atoms with Crippen LogP contribution >= 0.6 is 0 Å². The molecule has 0 radical (unpaired) electrons. The first-order chi connectivity index (χ1) is 25.3. The zero-order valence-corrected chi connectivity index (χ0v) is 27.9. The van der Waals surface area contributed by atoms with E-state index in [2.05, 4.69) is 214 Å². The Kier molecular flexibility index (Phi) is 6.81. The van der Waals surface area contributed by atoms with Gasteiger partial charge in [-0.2, -0.15) is 0 Å². The van der Waals surface area contributed by atoms with Crippen molar-refractivity contribution in [2.45, 2.75) is 0 Å². The number of rotatable bonds is 6. The van der Waals surface area contributed by atoms with Crippen LogP contribution < -0.4 is 4.90 Å². The Hall–Kier alpha value is -6.84. The van der Waals surface area contributed by atoms with Crippen LogP contribution in [-0.2, 0) is 0 Å². The second-order valence-electron chi connectivity index (χ2n) is 13.0. The minimum Gasteiger partial charge on any atom is -0.311 e. The molecule has 0 saturated heterocycles. The average molecular weight is 652 g/mol. The lowest BCUT2D eigenvalue weighted by Crippen LogP contribution is -2.09. The lowest BCUT2D eigenvalue weighted by molar-refractivity contribution is 1.17. The first-order valence-electron chi connectivity index (χ1n) is 17.4. The summed E-state index contributed by atoms with van der Waals surface area (Å²) in [4.78, 5) is 2.30. The van der Waals surface area contributed by atoms with E-state index in [-0.39, 0.29) is 0 Å². The Morgan fingerprint density at radius 1 is 0.275 bits per heavy atom. The van der Waals surface area contributed by atoms with Gasteiger partial charge in [0.05, 0.1) is 22.1 Å². The van der Waals surface area contributed by atoms with Crippen LogP contribution in [0.3, 0.4) is 0 Å². The van der Waals surface area contributed by atoms with E-state index in [1.807, 2.05) is 0 Å². The van der Waals surface area contributed by atoms with E-state index in [0.717, 1.165) is 22.7 Å². The number of hydrogen-bond acceptors (Lipinski definition) is 1. The highest BCUT2D eigenvalue weighted by atomic mass is 15.1. The van der Waals surface area contributed by atoms with Gasteiger partial charge in [-0.3, -0.25) is 0 Å². The number of anilines is 3. The zero-order chi connectivity index (χ0) is 33.7. The smallest absolute Gasteiger partial charge is 0.0548 e. The van der Waals surface area contributed by atoms with E-state index in [9.17, 15) is 0 Å². The summed E-state index contributed by atoms with van der Waals surface area (Å²) in [5, 5.41) is 5.01. The molecule has 51 heavy (non-hydrogen) atoms. The van der Waals surface area contributed by atoms with Crippen molar-refractivity contribution < 1.29 is 0 Å². The summed E-state index contributed by atoms with van der Waals surface area (Å²) in [6.45, 7) is 0. The molecular weight excluding hydrogens is 619 g/mol. The summed E-state index contributed by atoms with van der Waals surface area (Å²) in [5.74, 6) is 0. The maximum atomic E-state index is 2.42. The van der Waals surface area contributed by atoms with Crippen LogP contribution in [-0.4, -0.2) is 9.13 Å². The van der Waals surface area contributed by atoms with E-state index < -0.39 is 0 Å². The van der Waals surface area contributed by atoms with E-state index in [1.54, 1.807) is 0 Å². The minimum absolute atomic E-state index is 1.12.